The Balaban J connectivity index is 0.000000170. The van der Waals surface area contributed by atoms with Crippen LogP contribution >= 0.6 is 0 Å². The highest BCUT2D eigenvalue weighted by molar-refractivity contribution is 5.86. The number of hydrogen-bond donors (Lipinski definition) is 3. The zero-order valence-corrected chi connectivity index (χ0v) is 44.6. The molecule has 0 bridgehead atoms. The van der Waals surface area contributed by atoms with Crippen LogP contribution in [0.3, 0.4) is 0 Å². The van der Waals surface area contributed by atoms with Gasteiger partial charge in [0, 0.05) is 18.1 Å². The Morgan fingerprint density at radius 1 is 0.423 bits per heavy atom. The highest BCUT2D eigenvalue weighted by Crippen LogP contribution is 2.33. The van der Waals surface area contributed by atoms with Crippen LogP contribution in [0.4, 0.5) is 39.5 Å². The van der Waals surface area contributed by atoms with E-state index in [1.165, 1.54) is 86.1 Å². The third kappa shape index (κ3) is 17.3. The minimum Gasteiger partial charge on any atom is -0.310 e. The quantitative estimate of drug-likeness (QED) is 0.0592. The van der Waals surface area contributed by atoms with Crippen molar-refractivity contribution in [3.63, 3.8) is 0 Å². The number of rotatable bonds is 18. The van der Waals surface area contributed by atoms with Crippen LogP contribution in [0.15, 0.2) is 164 Å². The van der Waals surface area contributed by atoms with Gasteiger partial charge in [0.25, 0.3) is 0 Å². The monoisotopic (exact) mass is 1080 g/mol. The Morgan fingerprint density at radius 2 is 0.846 bits per heavy atom. The summed E-state index contributed by atoms with van der Waals surface area (Å²) in [6.45, 7) is 8.70. The molecular formula is C66H70F9N3. The molecule has 9 rings (SSSR count). The lowest BCUT2D eigenvalue weighted by molar-refractivity contribution is -0.138. The van der Waals surface area contributed by atoms with Crippen LogP contribution in [-0.4, -0.2) is 19.6 Å². The van der Waals surface area contributed by atoms with Crippen molar-refractivity contribution in [2.75, 3.05) is 19.6 Å². The molecule has 12 heteroatoms. The topological polar surface area (TPSA) is 36.1 Å². The van der Waals surface area contributed by atoms with E-state index in [9.17, 15) is 39.5 Å². The normalized spacial score (nSPS) is 14.3. The number of nitrogens with one attached hydrogen (secondary N) is 3. The second-order valence-electron chi connectivity index (χ2n) is 20.2. The zero-order valence-electron chi connectivity index (χ0n) is 44.6. The number of halogens is 9. The summed E-state index contributed by atoms with van der Waals surface area (Å²) in [6.07, 6.45) is 4.59. The average Bonchev–Trinajstić information content (AvgIpc) is 3.43. The van der Waals surface area contributed by atoms with Gasteiger partial charge in [-0.25, -0.2) is 0 Å². The lowest BCUT2D eigenvalue weighted by atomic mass is 9.90. The highest BCUT2D eigenvalue weighted by atomic mass is 19.4. The van der Waals surface area contributed by atoms with Gasteiger partial charge in [0.05, 0.1) is 16.7 Å². The van der Waals surface area contributed by atoms with Crippen molar-refractivity contribution in [1.29, 1.82) is 0 Å². The van der Waals surface area contributed by atoms with Crippen LogP contribution in [0, 0.1) is 0 Å². The first-order valence-corrected chi connectivity index (χ1v) is 27.1. The highest BCUT2D eigenvalue weighted by Gasteiger charge is 2.32. The van der Waals surface area contributed by atoms with Crippen LogP contribution in [0.2, 0.25) is 0 Å². The van der Waals surface area contributed by atoms with Gasteiger partial charge < -0.3 is 16.0 Å². The summed E-state index contributed by atoms with van der Waals surface area (Å²) in [5, 5.41) is 13.0. The molecule has 0 saturated carbocycles. The molecule has 0 saturated heterocycles. The molecule has 0 radical (unpaired) electrons. The van der Waals surface area contributed by atoms with E-state index in [0.29, 0.717) is 19.3 Å². The van der Waals surface area contributed by atoms with Crippen LogP contribution in [-0.2, 0) is 50.6 Å². The minimum atomic E-state index is -4.28. The molecule has 0 heterocycles. The summed E-state index contributed by atoms with van der Waals surface area (Å²) in [7, 11) is 0. The van der Waals surface area contributed by atoms with Gasteiger partial charge in [-0.3, -0.25) is 0 Å². The maximum Gasteiger partial charge on any atom is 0.416 e. The molecule has 7 aromatic rings. The molecule has 412 valence electrons. The van der Waals surface area contributed by atoms with Gasteiger partial charge >= 0.3 is 18.5 Å². The Kier molecular flexibility index (Phi) is 21.2. The Morgan fingerprint density at radius 3 is 1.40 bits per heavy atom. The SMILES string of the molecule is C[C@@H](NCCCc1cccc(C(F)(F)F)c1)c1cccc2c1C=CCC2.C[C@@H](NCCCc1cccc(C(F)(F)F)c1)c1cccc2c1CCC=C2.C[C@@H](NCCCc1cccc(C(F)(F)F)c1)c1cccc2ccccc12. The van der Waals surface area contributed by atoms with Gasteiger partial charge in [0.1, 0.15) is 0 Å². The molecule has 3 N–H and O–H groups in total. The largest absolute Gasteiger partial charge is 0.416 e. The summed E-state index contributed by atoms with van der Waals surface area (Å²) in [6, 6.07) is 44.8. The Hall–Kier alpha value is -6.47. The maximum atomic E-state index is 12.8. The predicted molar refractivity (Wildman–Crippen MR) is 300 cm³/mol. The van der Waals surface area contributed by atoms with Crippen molar-refractivity contribution in [3.8, 4) is 0 Å². The van der Waals surface area contributed by atoms with Gasteiger partial charge in [-0.15, -0.1) is 0 Å². The van der Waals surface area contributed by atoms with Crippen molar-refractivity contribution in [2.45, 2.75) is 122 Å². The van der Waals surface area contributed by atoms with E-state index in [-0.39, 0.29) is 18.1 Å². The van der Waals surface area contributed by atoms with Crippen molar-refractivity contribution in [3.05, 3.63) is 236 Å². The molecule has 78 heavy (non-hydrogen) atoms. The molecule has 3 atom stereocenters. The lowest BCUT2D eigenvalue weighted by Gasteiger charge is -2.21. The standard InChI is InChI=1S/2C22H24F3N.C22H22F3N/c3*1-16(20-13-5-10-18-9-2-3-12-21(18)20)26-14-6-8-17-7-4-11-19(15-17)22(23,24)25/h3-5,7,10-13,15-16,26H,2,6,8-9,14H2,1H3;2,4-5,7,9-11,13,15-16,26H,3,6,8,12,14H2,1H3;2-5,7,9-13,15-16,26H,6,8,14H2,1H3/t3*16-/m111/s1. The van der Waals surface area contributed by atoms with Crippen molar-refractivity contribution >= 4 is 22.9 Å². The van der Waals surface area contributed by atoms with Gasteiger partial charge in [0.2, 0.25) is 0 Å². The third-order valence-electron chi connectivity index (χ3n) is 14.5. The smallest absolute Gasteiger partial charge is 0.310 e. The molecule has 0 unspecified atom stereocenters. The number of allylic oxidation sites excluding steroid dienone is 2. The molecule has 2 aliphatic carbocycles. The predicted octanol–water partition coefficient (Wildman–Crippen LogP) is 18.0. The summed E-state index contributed by atoms with van der Waals surface area (Å²) in [5.41, 5.74) is 9.74. The second kappa shape index (κ2) is 27.9. The average molecular weight is 1080 g/mol. The molecule has 0 spiro atoms. The fraction of sp³-hybridized carbons (Fsp3) is 0.333. The first kappa shape index (κ1) is 59.2. The van der Waals surface area contributed by atoms with Crippen molar-refractivity contribution < 1.29 is 39.5 Å². The third-order valence-corrected chi connectivity index (χ3v) is 14.5. The summed E-state index contributed by atoms with van der Waals surface area (Å²) in [4.78, 5) is 0. The van der Waals surface area contributed by atoms with E-state index < -0.39 is 35.2 Å². The van der Waals surface area contributed by atoms with E-state index in [1.807, 2.05) is 12.1 Å². The molecule has 0 fully saturated rings. The minimum absolute atomic E-state index is 0.183. The van der Waals surface area contributed by atoms with Crippen molar-refractivity contribution in [2.24, 2.45) is 0 Å². The number of benzene rings is 7. The number of fused-ring (bicyclic) bond motifs is 3. The van der Waals surface area contributed by atoms with Crippen LogP contribution in [0.1, 0.15) is 143 Å². The Bertz CT molecular complexity index is 3070. The fourth-order valence-electron chi connectivity index (χ4n) is 10.3. The van der Waals surface area contributed by atoms with E-state index >= 15 is 0 Å². The van der Waals surface area contributed by atoms with Gasteiger partial charge in [-0.2, -0.15) is 39.5 Å². The molecule has 7 aromatic carbocycles. The number of alkyl halides is 9. The molecule has 2 aliphatic rings. The van der Waals surface area contributed by atoms with E-state index in [0.717, 1.165) is 99.5 Å². The molecule has 0 aliphatic heterocycles. The zero-order chi connectivity index (χ0) is 55.7. The Labute approximate surface area is 454 Å². The van der Waals surface area contributed by atoms with E-state index in [4.69, 9.17) is 0 Å². The second-order valence-corrected chi connectivity index (χ2v) is 20.2. The van der Waals surface area contributed by atoms with E-state index in [1.54, 1.807) is 18.2 Å². The number of aryl methyl sites for hydroxylation is 4. The summed E-state index contributed by atoms with van der Waals surface area (Å²) < 4.78 is 115. The van der Waals surface area contributed by atoms with Crippen LogP contribution < -0.4 is 16.0 Å². The van der Waals surface area contributed by atoms with Gasteiger partial charge in [-0.05, 0) is 189 Å². The fourth-order valence-corrected chi connectivity index (χ4v) is 10.3. The summed E-state index contributed by atoms with van der Waals surface area (Å²) >= 11 is 0. The van der Waals surface area contributed by atoms with Gasteiger partial charge in [0.15, 0.2) is 0 Å². The molecule has 0 aromatic heterocycles. The summed E-state index contributed by atoms with van der Waals surface area (Å²) in [5.74, 6) is 0. The molecule has 0 amide bonds. The van der Waals surface area contributed by atoms with Crippen molar-refractivity contribution in [1.82, 2.24) is 16.0 Å². The molecular weight excluding hydrogens is 1010 g/mol. The first-order valence-electron chi connectivity index (χ1n) is 27.1. The van der Waals surface area contributed by atoms with E-state index in [2.05, 4.69) is 128 Å². The maximum absolute atomic E-state index is 12.8. The van der Waals surface area contributed by atoms with Gasteiger partial charge in [-0.1, -0.05) is 158 Å². The van der Waals surface area contributed by atoms with Crippen LogP contribution in [0.25, 0.3) is 22.9 Å². The first-order chi connectivity index (χ1) is 37.3. The van der Waals surface area contributed by atoms with Crippen LogP contribution in [0.5, 0.6) is 0 Å². The molecule has 3 nitrogen and oxygen atoms in total. The number of hydrogen-bond acceptors (Lipinski definition) is 3. The lowest BCUT2D eigenvalue weighted by Crippen LogP contribution is -2.22.